The molecule has 7 nitrogen and oxygen atoms in total. The Hall–Kier alpha value is -2.59. The van der Waals surface area contributed by atoms with Gasteiger partial charge >= 0.3 is 5.97 Å². The molecule has 1 fully saturated rings. The summed E-state index contributed by atoms with van der Waals surface area (Å²) in [5.41, 5.74) is 1.60. The van der Waals surface area contributed by atoms with E-state index in [1.165, 1.54) is 6.42 Å². The lowest BCUT2D eigenvalue weighted by atomic mass is 9.83. The maximum atomic E-state index is 13.7. The number of hydrogen-bond donors (Lipinski definition) is 1. The number of ether oxygens (including phenoxy) is 2. The molecule has 2 atom stereocenters. The van der Waals surface area contributed by atoms with Crippen LogP contribution in [0.3, 0.4) is 0 Å². The molecule has 0 spiro atoms. The SMILES string of the molecule is CCCCCC1CC(C(=O)N2C=C(C(=O)OC(C)C)c3[nH]c(C#N)cc3C(C)(C)C2)CCO1. The Labute approximate surface area is 197 Å². The number of carbonyl (C=O) groups is 2. The molecule has 0 aromatic carbocycles. The van der Waals surface area contributed by atoms with Crippen molar-refractivity contribution in [1.29, 1.82) is 5.26 Å². The molecule has 0 radical (unpaired) electrons. The predicted molar refractivity (Wildman–Crippen MR) is 126 cm³/mol. The summed E-state index contributed by atoms with van der Waals surface area (Å²) < 4.78 is 11.4. The molecular formula is C26H37N3O4. The molecule has 3 rings (SSSR count). The Bertz CT molecular complexity index is 938. The molecule has 0 aliphatic carbocycles. The molecular weight excluding hydrogens is 418 g/mol. The standard InChI is InChI=1S/C26H37N3O4/c1-6-7-8-9-20-12-18(10-11-32-20)24(30)29-15-21(25(31)33-17(2)3)23-22(26(4,5)16-29)13-19(14-27)28-23/h13,15,17-18,20,28H,6-12,16H2,1-5H3. The van der Waals surface area contributed by atoms with E-state index in [0.29, 0.717) is 37.4 Å². The minimum atomic E-state index is -0.502. The number of nitrogens with zero attached hydrogens (tertiary/aromatic N) is 2. The lowest BCUT2D eigenvalue weighted by Crippen LogP contribution is -2.42. The number of aromatic amines is 1. The van der Waals surface area contributed by atoms with E-state index in [9.17, 15) is 14.9 Å². The first kappa shape index (κ1) is 25.0. The number of nitrogens with one attached hydrogen (secondary N) is 1. The minimum absolute atomic E-state index is 0.0207. The second-order valence-electron chi connectivity index (χ2n) is 10.1. The van der Waals surface area contributed by atoms with Crippen LogP contribution in [0.25, 0.3) is 5.57 Å². The third kappa shape index (κ3) is 5.86. The zero-order chi connectivity index (χ0) is 24.2. The second-order valence-corrected chi connectivity index (χ2v) is 10.1. The fourth-order valence-corrected chi connectivity index (χ4v) is 4.77. The van der Waals surface area contributed by atoms with Gasteiger partial charge in [-0.2, -0.15) is 5.26 Å². The fourth-order valence-electron chi connectivity index (χ4n) is 4.77. The van der Waals surface area contributed by atoms with Crippen molar-refractivity contribution in [1.82, 2.24) is 9.88 Å². The maximum absolute atomic E-state index is 13.7. The first-order valence-corrected chi connectivity index (χ1v) is 12.1. The summed E-state index contributed by atoms with van der Waals surface area (Å²) in [4.78, 5) is 31.5. The minimum Gasteiger partial charge on any atom is -0.459 e. The van der Waals surface area contributed by atoms with Gasteiger partial charge in [-0.3, -0.25) is 4.79 Å². The number of H-pyrrole nitrogens is 1. The van der Waals surface area contributed by atoms with Gasteiger partial charge in [-0.05, 0) is 44.7 Å². The molecule has 1 N–H and O–H groups in total. The molecule has 2 aliphatic heterocycles. The van der Waals surface area contributed by atoms with Crippen molar-refractivity contribution in [2.45, 2.75) is 90.8 Å². The van der Waals surface area contributed by atoms with Gasteiger partial charge in [0, 0.05) is 30.7 Å². The monoisotopic (exact) mass is 455 g/mol. The van der Waals surface area contributed by atoms with Crippen LogP contribution in [0.1, 0.15) is 90.1 Å². The molecule has 1 aromatic heterocycles. The molecule has 1 saturated heterocycles. The van der Waals surface area contributed by atoms with Crippen molar-refractivity contribution in [3.63, 3.8) is 0 Å². The second kappa shape index (κ2) is 10.6. The number of rotatable bonds is 7. The topological polar surface area (TPSA) is 95.4 Å². The van der Waals surface area contributed by atoms with Crippen LogP contribution in [0.2, 0.25) is 0 Å². The molecule has 0 saturated carbocycles. The third-order valence-electron chi connectivity index (χ3n) is 6.48. The molecule has 2 aliphatic rings. The average molecular weight is 456 g/mol. The summed E-state index contributed by atoms with van der Waals surface area (Å²) in [6, 6.07) is 3.90. The summed E-state index contributed by atoms with van der Waals surface area (Å²) in [6.07, 6.45) is 7.25. The van der Waals surface area contributed by atoms with Crippen LogP contribution in [0.5, 0.6) is 0 Å². The van der Waals surface area contributed by atoms with Crippen molar-refractivity contribution in [2.75, 3.05) is 13.2 Å². The molecule has 7 heteroatoms. The highest BCUT2D eigenvalue weighted by molar-refractivity contribution is 6.17. The predicted octanol–water partition coefficient (Wildman–Crippen LogP) is 4.67. The number of esters is 1. The Morgan fingerprint density at radius 1 is 1.36 bits per heavy atom. The van der Waals surface area contributed by atoms with Crippen LogP contribution in [-0.2, 0) is 24.5 Å². The third-order valence-corrected chi connectivity index (χ3v) is 6.48. The van der Waals surface area contributed by atoms with E-state index in [2.05, 4.69) is 18.0 Å². The van der Waals surface area contributed by atoms with E-state index in [4.69, 9.17) is 9.47 Å². The van der Waals surface area contributed by atoms with E-state index >= 15 is 0 Å². The summed E-state index contributed by atoms with van der Waals surface area (Å²) in [7, 11) is 0. The molecule has 1 amide bonds. The van der Waals surface area contributed by atoms with E-state index in [1.54, 1.807) is 31.0 Å². The van der Waals surface area contributed by atoms with Gasteiger partial charge < -0.3 is 19.4 Å². The van der Waals surface area contributed by atoms with Crippen LogP contribution in [-0.4, -0.2) is 47.1 Å². The summed E-state index contributed by atoms with van der Waals surface area (Å²) >= 11 is 0. The number of nitriles is 1. The Morgan fingerprint density at radius 3 is 2.79 bits per heavy atom. The van der Waals surface area contributed by atoms with Crippen LogP contribution < -0.4 is 0 Å². The van der Waals surface area contributed by atoms with Gasteiger partial charge in [-0.15, -0.1) is 0 Å². The van der Waals surface area contributed by atoms with Crippen molar-refractivity contribution in [3.8, 4) is 6.07 Å². The summed E-state index contributed by atoms with van der Waals surface area (Å²) in [5.74, 6) is -0.615. The first-order valence-electron chi connectivity index (χ1n) is 12.1. The van der Waals surface area contributed by atoms with Crippen molar-refractivity contribution < 1.29 is 19.1 Å². The molecule has 2 unspecified atom stereocenters. The molecule has 1 aromatic rings. The largest absolute Gasteiger partial charge is 0.459 e. The average Bonchev–Trinajstić information content (AvgIpc) is 3.17. The van der Waals surface area contributed by atoms with Crippen molar-refractivity contribution in [3.05, 3.63) is 29.2 Å². The zero-order valence-electron chi connectivity index (χ0n) is 20.6. The van der Waals surface area contributed by atoms with Gasteiger partial charge in [-0.1, -0.05) is 40.0 Å². The number of amides is 1. The van der Waals surface area contributed by atoms with Gasteiger partial charge in [0.15, 0.2) is 0 Å². The van der Waals surface area contributed by atoms with E-state index in [-0.39, 0.29) is 29.6 Å². The quantitative estimate of drug-likeness (QED) is 0.476. The number of hydrogen-bond acceptors (Lipinski definition) is 5. The Kier molecular flexibility index (Phi) is 8.01. The van der Waals surface area contributed by atoms with Crippen LogP contribution in [0.4, 0.5) is 0 Å². The summed E-state index contributed by atoms with van der Waals surface area (Å²) in [6.45, 7) is 10.8. The van der Waals surface area contributed by atoms with Gasteiger partial charge in [0.2, 0.25) is 5.91 Å². The Balaban J connectivity index is 1.91. The number of unbranched alkanes of at least 4 members (excludes halogenated alkanes) is 2. The van der Waals surface area contributed by atoms with Crippen LogP contribution in [0, 0.1) is 17.2 Å². The van der Waals surface area contributed by atoms with Crippen molar-refractivity contribution in [2.24, 2.45) is 5.92 Å². The highest BCUT2D eigenvalue weighted by Crippen LogP contribution is 2.37. The lowest BCUT2D eigenvalue weighted by Gasteiger charge is -2.34. The molecule has 33 heavy (non-hydrogen) atoms. The lowest BCUT2D eigenvalue weighted by molar-refractivity contribution is -0.140. The molecule has 0 bridgehead atoms. The smallest absolute Gasteiger partial charge is 0.342 e. The highest BCUT2D eigenvalue weighted by Gasteiger charge is 2.39. The first-order chi connectivity index (χ1) is 15.7. The van der Waals surface area contributed by atoms with Gasteiger partial charge in [0.1, 0.15) is 11.8 Å². The normalized spacial score (nSPS) is 22.2. The number of aromatic nitrogens is 1. The summed E-state index contributed by atoms with van der Waals surface area (Å²) in [5, 5.41) is 9.42. The zero-order valence-corrected chi connectivity index (χ0v) is 20.6. The maximum Gasteiger partial charge on any atom is 0.342 e. The van der Waals surface area contributed by atoms with Gasteiger partial charge in [0.25, 0.3) is 0 Å². The Morgan fingerprint density at radius 2 is 2.12 bits per heavy atom. The molecule has 180 valence electrons. The van der Waals surface area contributed by atoms with Gasteiger partial charge in [-0.25, -0.2) is 4.79 Å². The number of carbonyl (C=O) groups excluding carboxylic acids is 2. The van der Waals surface area contributed by atoms with Crippen molar-refractivity contribution >= 4 is 17.4 Å². The van der Waals surface area contributed by atoms with Crippen LogP contribution in [0.15, 0.2) is 12.3 Å². The van der Waals surface area contributed by atoms with E-state index in [1.807, 2.05) is 13.8 Å². The number of fused-ring (bicyclic) bond motifs is 1. The molecule has 3 heterocycles. The van der Waals surface area contributed by atoms with Gasteiger partial charge in [0.05, 0.1) is 23.5 Å². The van der Waals surface area contributed by atoms with E-state index in [0.717, 1.165) is 24.8 Å². The van der Waals surface area contributed by atoms with E-state index < -0.39 is 11.4 Å². The van der Waals surface area contributed by atoms with Crippen LogP contribution >= 0.6 is 0 Å². The highest BCUT2D eigenvalue weighted by atomic mass is 16.5. The fraction of sp³-hybridized carbons (Fsp3) is 0.654.